The second kappa shape index (κ2) is 6.81. The maximum Gasteiger partial charge on any atom is 0.332 e. The van der Waals surface area contributed by atoms with Gasteiger partial charge in [-0.2, -0.15) is 0 Å². The summed E-state index contributed by atoms with van der Waals surface area (Å²) < 4.78 is 18.4. The summed E-state index contributed by atoms with van der Waals surface area (Å²) >= 11 is 0. The first-order valence-corrected chi connectivity index (χ1v) is 6.90. The van der Waals surface area contributed by atoms with Gasteiger partial charge in [-0.15, -0.1) is 0 Å². The summed E-state index contributed by atoms with van der Waals surface area (Å²) in [4.78, 5) is 10.8. The number of ether oxygens (including phenoxy) is 1. The number of benzene rings is 1. The predicted molar refractivity (Wildman–Crippen MR) is 73.2 cm³/mol. The third-order valence-corrected chi connectivity index (χ3v) is 3.63. The van der Waals surface area contributed by atoms with E-state index in [0.717, 1.165) is 30.5 Å². The number of halogens is 1. The Balaban J connectivity index is 1.68. The molecule has 2 N–H and O–H groups in total. The molecule has 0 aromatic heterocycles. The summed E-state index contributed by atoms with van der Waals surface area (Å²) in [7, 11) is 0. The fraction of sp³-hybridized carbons (Fsp3) is 0.533. The van der Waals surface area contributed by atoms with Crippen LogP contribution in [0.5, 0.6) is 0 Å². The molecule has 0 aliphatic carbocycles. The number of carbonyl (C=O) groups is 1. The zero-order valence-electron chi connectivity index (χ0n) is 11.6. The van der Waals surface area contributed by atoms with Crippen LogP contribution in [0.2, 0.25) is 0 Å². The highest BCUT2D eigenvalue weighted by molar-refractivity contribution is 5.72. The first-order valence-electron chi connectivity index (χ1n) is 6.90. The Bertz CT molecular complexity index is 478. The van der Waals surface area contributed by atoms with Crippen molar-refractivity contribution in [2.24, 2.45) is 0 Å². The molecule has 1 fully saturated rings. The van der Waals surface area contributed by atoms with Crippen molar-refractivity contribution in [3.63, 3.8) is 0 Å². The van der Waals surface area contributed by atoms with E-state index in [2.05, 4.69) is 5.32 Å². The average molecular weight is 281 g/mol. The molecule has 0 spiro atoms. The smallest absolute Gasteiger partial charge is 0.332 e. The Hall–Kier alpha value is -1.46. The van der Waals surface area contributed by atoms with E-state index in [1.54, 1.807) is 6.07 Å². The standard InChI is InChI=1S/C15H20FNO3/c1-10-8-12(16)3-2-11(10)6-7-17-9-13-4-5-14(20-13)15(18)19/h2-3,8,13-14,17H,4-7,9H2,1H3,(H,18,19). The molecule has 0 saturated carbocycles. The molecule has 2 atom stereocenters. The van der Waals surface area contributed by atoms with Gasteiger partial charge in [-0.1, -0.05) is 6.07 Å². The molecule has 2 rings (SSSR count). The highest BCUT2D eigenvalue weighted by atomic mass is 19.1. The lowest BCUT2D eigenvalue weighted by atomic mass is 10.1. The van der Waals surface area contributed by atoms with Crippen LogP contribution in [0.4, 0.5) is 4.39 Å². The third-order valence-electron chi connectivity index (χ3n) is 3.63. The van der Waals surface area contributed by atoms with Crippen molar-refractivity contribution in [1.29, 1.82) is 0 Å². The van der Waals surface area contributed by atoms with Gasteiger partial charge in [0, 0.05) is 6.54 Å². The van der Waals surface area contributed by atoms with Crippen molar-refractivity contribution in [1.82, 2.24) is 5.32 Å². The van der Waals surface area contributed by atoms with Gasteiger partial charge in [0.05, 0.1) is 6.10 Å². The summed E-state index contributed by atoms with van der Waals surface area (Å²) in [6.45, 7) is 3.32. The fourth-order valence-electron chi connectivity index (χ4n) is 2.46. The quantitative estimate of drug-likeness (QED) is 0.782. The van der Waals surface area contributed by atoms with E-state index in [1.165, 1.54) is 12.1 Å². The largest absolute Gasteiger partial charge is 0.479 e. The van der Waals surface area contributed by atoms with Gasteiger partial charge in [-0.05, 0) is 56.0 Å². The lowest BCUT2D eigenvalue weighted by Crippen LogP contribution is -2.30. The van der Waals surface area contributed by atoms with E-state index in [9.17, 15) is 9.18 Å². The van der Waals surface area contributed by atoms with E-state index in [1.807, 2.05) is 6.92 Å². The van der Waals surface area contributed by atoms with Crippen LogP contribution in [0, 0.1) is 12.7 Å². The molecule has 1 aromatic rings. The molecule has 110 valence electrons. The van der Waals surface area contributed by atoms with Crippen LogP contribution < -0.4 is 5.32 Å². The molecule has 0 radical (unpaired) electrons. The molecule has 1 aliphatic rings. The van der Waals surface area contributed by atoms with Gasteiger partial charge in [0.1, 0.15) is 5.82 Å². The molecule has 1 aliphatic heterocycles. The molecule has 0 bridgehead atoms. The van der Waals surface area contributed by atoms with Crippen LogP contribution >= 0.6 is 0 Å². The Kier molecular flexibility index (Phi) is 5.09. The molecule has 1 aromatic carbocycles. The normalized spacial score (nSPS) is 22.1. The maximum atomic E-state index is 13.0. The number of aryl methyl sites for hydroxylation is 1. The second-order valence-corrected chi connectivity index (χ2v) is 5.19. The Labute approximate surface area is 117 Å². The van der Waals surface area contributed by atoms with Gasteiger partial charge in [0.25, 0.3) is 0 Å². The van der Waals surface area contributed by atoms with Crippen LogP contribution in [-0.4, -0.2) is 36.4 Å². The minimum absolute atomic E-state index is 0.0228. The predicted octanol–water partition coefficient (Wildman–Crippen LogP) is 1.90. The molecule has 20 heavy (non-hydrogen) atoms. The highest BCUT2D eigenvalue weighted by Gasteiger charge is 2.29. The fourth-order valence-corrected chi connectivity index (χ4v) is 2.46. The van der Waals surface area contributed by atoms with Crippen LogP contribution in [0.1, 0.15) is 24.0 Å². The van der Waals surface area contributed by atoms with E-state index < -0.39 is 12.1 Å². The number of carboxylic acids is 1. The van der Waals surface area contributed by atoms with Gasteiger partial charge in [0.15, 0.2) is 6.10 Å². The van der Waals surface area contributed by atoms with Gasteiger partial charge in [0.2, 0.25) is 0 Å². The van der Waals surface area contributed by atoms with Crippen molar-refractivity contribution in [2.75, 3.05) is 13.1 Å². The van der Waals surface area contributed by atoms with Crippen molar-refractivity contribution < 1.29 is 19.0 Å². The molecular formula is C15H20FNO3. The summed E-state index contributed by atoms with van der Waals surface area (Å²) in [5.41, 5.74) is 2.07. The topological polar surface area (TPSA) is 58.6 Å². The number of rotatable bonds is 6. The lowest BCUT2D eigenvalue weighted by molar-refractivity contribution is -0.149. The zero-order valence-corrected chi connectivity index (χ0v) is 11.6. The van der Waals surface area contributed by atoms with E-state index >= 15 is 0 Å². The number of hydrogen-bond acceptors (Lipinski definition) is 3. The Morgan fingerprint density at radius 2 is 2.30 bits per heavy atom. The van der Waals surface area contributed by atoms with Gasteiger partial charge < -0.3 is 15.2 Å². The minimum Gasteiger partial charge on any atom is -0.479 e. The molecule has 2 unspecified atom stereocenters. The van der Waals surface area contributed by atoms with Gasteiger partial charge in [-0.25, -0.2) is 9.18 Å². The molecule has 4 nitrogen and oxygen atoms in total. The molecule has 1 heterocycles. The van der Waals surface area contributed by atoms with Crippen LogP contribution in [-0.2, 0) is 16.0 Å². The van der Waals surface area contributed by atoms with Crippen molar-refractivity contribution >= 4 is 5.97 Å². The highest BCUT2D eigenvalue weighted by Crippen LogP contribution is 2.19. The van der Waals surface area contributed by atoms with Crippen molar-refractivity contribution in [3.05, 3.63) is 35.1 Å². The van der Waals surface area contributed by atoms with Crippen LogP contribution in [0.15, 0.2) is 18.2 Å². The molecule has 5 heteroatoms. The van der Waals surface area contributed by atoms with Gasteiger partial charge >= 0.3 is 5.97 Å². The number of nitrogens with one attached hydrogen (secondary N) is 1. The Morgan fingerprint density at radius 3 is 2.95 bits per heavy atom. The second-order valence-electron chi connectivity index (χ2n) is 5.19. The molecule has 1 saturated heterocycles. The number of hydrogen-bond donors (Lipinski definition) is 2. The van der Waals surface area contributed by atoms with Crippen LogP contribution in [0.3, 0.4) is 0 Å². The lowest BCUT2D eigenvalue weighted by Gasteiger charge is -2.12. The zero-order chi connectivity index (χ0) is 14.5. The van der Waals surface area contributed by atoms with Gasteiger partial charge in [-0.3, -0.25) is 0 Å². The first kappa shape index (κ1) is 14.9. The summed E-state index contributed by atoms with van der Waals surface area (Å²) in [6, 6.07) is 4.81. The average Bonchev–Trinajstić information content (AvgIpc) is 2.85. The summed E-state index contributed by atoms with van der Waals surface area (Å²) in [6.07, 6.45) is 1.51. The summed E-state index contributed by atoms with van der Waals surface area (Å²) in [5.74, 6) is -1.09. The number of carboxylic acid groups (broad SMARTS) is 1. The van der Waals surface area contributed by atoms with Crippen molar-refractivity contribution in [2.45, 2.75) is 38.4 Å². The third kappa shape index (κ3) is 4.02. The van der Waals surface area contributed by atoms with E-state index in [4.69, 9.17) is 9.84 Å². The Morgan fingerprint density at radius 1 is 1.50 bits per heavy atom. The van der Waals surface area contributed by atoms with E-state index in [0.29, 0.717) is 13.0 Å². The van der Waals surface area contributed by atoms with Crippen molar-refractivity contribution in [3.8, 4) is 0 Å². The van der Waals surface area contributed by atoms with E-state index in [-0.39, 0.29) is 11.9 Å². The molecular weight excluding hydrogens is 261 g/mol. The summed E-state index contributed by atoms with van der Waals surface area (Å²) in [5, 5.41) is 12.1. The number of aliphatic carboxylic acids is 1. The first-order chi connectivity index (χ1) is 9.56. The van der Waals surface area contributed by atoms with Crippen LogP contribution in [0.25, 0.3) is 0 Å². The maximum absolute atomic E-state index is 13.0. The monoisotopic (exact) mass is 281 g/mol. The minimum atomic E-state index is -0.880. The SMILES string of the molecule is Cc1cc(F)ccc1CCNCC1CCC(C(=O)O)O1. The molecule has 0 amide bonds.